The summed E-state index contributed by atoms with van der Waals surface area (Å²) in [7, 11) is 0. The van der Waals surface area contributed by atoms with E-state index in [4.69, 9.17) is 4.74 Å². The van der Waals surface area contributed by atoms with Gasteiger partial charge in [0, 0.05) is 5.56 Å². The third kappa shape index (κ3) is 3.90. The second kappa shape index (κ2) is 8.08. The average Bonchev–Trinajstić information content (AvgIpc) is 2.63. The van der Waals surface area contributed by atoms with Crippen molar-refractivity contribution < 1.29 is 13.5 Å². The van der Waals surface area contributed by atoms with Gasteiger partial charge in [-0.2, -0.15) is 0 Å². The second-order valence-electron chi connectivity index (χ2n) is 6.11. The third-order valence-electron chi connectivity index (χ3n) is 4.13. The van der Waals surface area contributed by atoms with Gasteiger partial charge in [-0.25, -0.2) is 13.8 Å². The maximum Gasteiger partial charge on any atom is 0.259 e. The number of unbranched alkanes of at least 4 members (excludes halogenated alkanes) is 3. The van der Waals surface area contributed by atoms with Gasteiger partial charge >= 0.3 is 0 Å². The molecule has 0 fully saturated rings. The highest BCUT2D eigenvalue weighted by atomic mass is 19.1. The molecular formula is C20H20F2N2O2. The van der Waals surface area contributed by atoms with Crippen LogP contribution in [-0.2, 0) is 0 Å². The number of nitrogens with zero attached hydrogens (tertiary/aromatic N) is 1. The molecule has 0 saturated heterocycles. The van der Waals surface area contributed by atoms with E-state index in [1.807, 2.05) is 0 Å². The zero-order valence-corrected chi connectivity index (χ0v) is 14.5. The lowest BCUT2D eigenvalue weighted by molar-refractivity contribution is 0.275. The van der Waals surface area contributed by atoms with Gasteiger partial charge in [-0.3, -0.25) is 4.79 Å². The Bertz CT molecular complexity index is 946. The van der Waals surface area contributed by atoms with E-state index in [1.165, 1.54) is 0 Å². The van der Waals surface area contributed by atoms with Crippen molar-refractivity contribution in [3.8, 4) is 17.1 Å². The van der Waals surface area contributed by atoms with Crippen LogP contribution in [0.2, 0.25) is 0 Å². The highest BCUT2D eigenvalue weighted by molar-refractivity contribution is 5.79. The van der Waals surface area contributed by atoms with Crippen molar-refractivity contribution >= 4 is 10.9 Å². The molecule has 136 valence electrons. The van der Waals surface area contributed by atoms with E-state index < -0.39 is 17.4 Å². The van der Waals surface area contributed by atoms with Crippen LogP contribution in [0.4, 0.5) is 8.78 Å². The van der Waals surface area contributed by atoms with Crippen molar-refractivity contribution in [3.05, 3.63) is 58.4 Å². The molecule has 2 aromatic carbocycles. The number of aromatic nitrogens is 2. The monoisotopic (exact) mass is 358 g/mol. The van der Waals surface area contributed by atoms with E-state index in [0.29, 0.717) is 10.9 Å². The predicted molar refractivity (Wildman–Crippen MR) is 97.4 cm³/mol. The first-order chi connectivity index (χ1) is 12.6. The number of fused-ring (bicyclic) bond motifs is 1. The quantitative estimate of drug-likeness (QED) is 0.616. The SMILES string of the molecule is CCCCCCOc1c(F)cc(-c2nc3ccccc3c(=O)[nH]2)cc1F. The van der Waals surface area contributed by atoms with E-state index in [-0.39, 0.29) is 23.6 Å². The molecule has 0 aliphatic rings. The van der Waals surface area contributed by atoms with Crippen LogP contribution < -0.4 is 10.3 Å². The summed E-state index contributed by atoms with van der Waals surface area (Å²) >= 11 is 0. The fourth-order valence-corrected chi connectivity index (χ4v) is 2.76. The minimum atomic E-state index is -0.814. The molecule has 0 aliphatic carbocycles. The van der Waals surface area contributed by atoms with Crippen LogP contribution in [0.25, 0.3) is 22.3 Å². The van der Waals surface area contributed by atoms with Crippen LogP contribution in [0.5, 0.6) is 5.75 Å². The number of halogens is 2. The van der Waals surface area contributed by atoms with Crippen molar-refractivity contribution in [1.29, 1.82) is 0 Å². The minimum Gasteiger partial charge on any atom is -0.488 e. The van der Waals surface area contributed by atoms with Gasteiger partial charge in [0.1, 0.15) is 5.82 Å². The molecule has 0 unspecified atom stereocenters. The Hall–Kier alpha value is -2.76. The lowest BCUT2D eigenvalue weighted by Crippen LogP contribution is -2.10. The Morgan fingerprint density at radius 1 is 1.08 bits per heavy atom. The summed E-state index contributed by atoms with van der Waals surface area (Å²) in [5, 5.41) is 0.421. The molecule has 4 nitrogen and oxygen atoms in total. The number of para-hydroxylation sites is 1. The van der Waals surface area contributed by atoms with Crippen molar-refractivity contribution in [1.82, 2.24) is 9.97 Å². The Kier molecular flexibility index (Phi) is 5.61. The first kappa shape index (κ1) is 18.0. The molecule has 0 atom stereocenters. The van der Waals surface area contributed by atoms with E-state index in [2.05, 4.69) is 16.9 Å². The fourth-order valence-electron chi connectivity index (χ4n) is 2.76. The van der Waals surface area contributed by atoms with Crippen LogP contribution in [0.1, 0.15) is 32.6 Å². The van der Waals surface area contributed by atoms with Gasteiger partial charge in [0.25, 0.3) is 5.56 Å². The number of hydrogen-bond acceptors (Lipinski definition) is 3. The first-order valence-electron chi connectivity index (χ1n) is 8.71. The van der Waals surface area contributed by atoms with Gasteiger partial charge in [0.15, 0.2) is 17.4 Å². The summed E-state index contributed by atoms with van der Waals surface area (Å²) in [6, 6.07) is 9.03. The zero-order valence-electron chi connectivity index (χ0n) is 14.5. The van der Waals surface area contributed by atoms with Gasteiger partial charge < -0.3 is 9.72 Å². The minimum absolute atomic E-state index is 0.112. The molecule has 3 rings (SSSR count). The van der Waals surface area contributed by atoms with Gasteiger partial charge in [-0.1, -0.05) is 38.3 Å². The summed E-state index contributed by atoms with van der Waals surface area (Å²) in [5.74, 6) is -1.91. The number of benzene rings is 2. The highest BCUT2D eigenvalue weighted by Gasteiger charge is 2.15. The van der Waals surface area contributed by atoms with Crippen molar-refractivity contribution in [2.24, 2.45) is 0 Å². The third-order valence-corrected chi connectivity index (χ3v) is 4.13. The standard InChI is InChI=1S/C20H20F2N2O2/c1-2-3-4-7-10-26-18-15(21)11-13(12-16(18)22)19-23-17-9-6-5-8-14(17)20(25)24-19/h5-6,8-9,11-12H,2-4,7,10H2,1H3,(H,23,24,25). The molecule has 1 heterocycles. The molecule has 0 bridgehead atoms. The Labute approximate surface area is 149 Å². The molecule has 0 amide bonds. The average molecular weight is 358 g/mol. The largest absolute Gasteiger partial charge is 0.488 e. The Morgan fingerprint density at radius 2 is 1.81 bits per heavy atom. The number of ether oxygens (including phenoxy) is 1. The number of H-pyrrole nitrogens is 1. The normalized spacial score (nSPS) is 11.0. The van der Waals surface area contributed by atoms with E-state index in [0.717, 1.165) is 37.8 Å². The molecule has 1 aromatic heterocycles. The molecule has 0 aliphatic heterocycles. The molecule has 6 heteroatoms. The number of hydrogen-bond donors (Lipinski definition) is 1. The first-order valence-corrected chi connectivity index (χ1v) is 8.71. The summed E-state index contributed by atoms with van der Waals surface area (Å²) in [5.41, 5.74) is 0.257. The van der Waals surface area contributed by atoms with E-state index in [9.17, 15) is 13.6 Å². The van der Waals surface area contributed by atoms with Crippen molar-refractivity contribution in [3.63, 3.8) is 0 Å². The van der Waals surface area contributed by atoms with Crippen LogP contribution in [0.3, 0.4) is 0 Å². The topological polar surface area (TPSA) is 55.0 Å². The maximum atomic E-state index is 14.3. The van der Waals surface area contributed by atoms with Gasteiger partial charge in [0.05, 0.1) is 17.5 Å². The molecule has 26 heavy (non-hydrogen) atoms. The Balaban J connectivity index is 1.87. The summed E-state index contributed by atoms with van der Waals surface area (Å²) in [4.78, 5) is 19.0. The van der Waals surface area contributed by atoms with Gasteiger partial charge in [-0.05, 0) is 30.7 Å². The molecular weight excluding hydrogens is 338 g/mol. The molecule has 1 N–H and O–H groups in total. The predicted octanol–water partition coefficient (Wildman–Crippen LogP) is 4.83. The van der Waals surface area contributed by atoms with Crippen LogP contribution in [-0.4, -0.2) is 16.6 Å². The zero-order chi connectivity index (χ0) is 18.5. The van der Waals surface area contributed by atoms with Crippen LogP contribution in [0, 0.1) is 11.6 Å². The molecule has 3 aromatic rings. The van der Waals surface area contributed by atoms with Gasteiger partial charge in [0.2, 0.25) is 0 Å². The molecule has 0 saturated carbocycles. The van der Waals surface area contributed by atoms with Gasteiger partial charge in [-0.15, -0.1) is 0 Å². The highest BCUT2D eigenvalue weighted by Crippen LogP contribution is 2.28. The number of rotatable bonds is 7. The lowest BCUT2D eigenvalue weighted by atomic mass is 10.1. The fraction of sp³-hybridized carbons (Fsp3) is 0.300. The van der Waals surface area contributed by atoms with E-state index in [1.54, 1.807) is 24.3 Å². The van der Waals surface area contributed by atoms with Crippen molar-refractivity contribution in [2.75, 3.05) is 6.61 Å². The molecule has 0 spiro atoms. The Morgan fingerprint density at radius 3 is 2.54 bits per heavy atom. The second-order valence-corrected chi connectivity index (χ2v) is 6.11. The van der Waals surface area contributed by atoms with Crippen LogP contribution in [0.15, 0.2) is 41.2 Å². The number of aromatic amines is 1. The summed E-state index contributed by atoms with van der Waals surface area (Å²) in [6.07, 6.45) is 3.84. The number of nitrogens with one attached hydrogen (secondary N) is 1. The molecule has 0 radical (unpaired) electrons. The lowest BCUT2D eigenvalue weighted by Gasteiger charge is -2.10. The smallest absolute Gasteiger partial charge is 0.259 e. The van der Waals surface area contributed by atoms with Crippen LogP contribution >= 0.6 is 0 Å². The summed E-state index contributed by atoms with van der Waals surface area (Å²) < 4.78 is 33.9. The summed E-state index contributed by atoms with van der Waals surface area (Å²) in [6.45, 7) is 2.35. The maximum absolute atomic E-state index is 14.3. The van der Waals surface area contributed by atoms with Crippen molar-refractivity contribution in [2.45, 2.75) is 32.6 Å². The van der Waals surface area contributed by atoms with E-state index >= 15 is 0 Å².